The third-order valence-corrected chi connectivity index (χ3v) is 4.77. The summed E-state index contributed by atoms with van der Waals surface area (Å²) in [5.41, 5.74) is 2.65. The van der Waals surface area contributed by atoms with Crippen molar-refractivity contribution in [1.29, 1.82) is 0 Å². The summed E-state index contributed by atoms with van der Waals surface area (Å²) >= 11 is 0. The van der Waals surface area contributed by atoms with Crippen molar-refractivity contribution in [1.82, 2.24) is 0 Å². The van der Waals surface area contributed by atoms with Gasteiger partial charge < -0.3 is 19.7 Å². The van der Waals surface area contributed by atoms with E-state index >= 15 is 0 Å². The lowest BCUT2D eigenvalue weighted by Crippen LogP contribution is -2.38. The SMILES string of the molecule is COc1ccc(C(=O)Nc2ccc3c(c2)CCN3C(=O)C(C)(C)C)c(OC)c1. The second kappa shape index (κ2) is 7.54. The smallest absolute Gasteiger partial charge is 0.259 e. The van der Waals surface area contributed by atoms with Crippen LogP contribution in [0, 0.1) is 5.41 Å². The molecule has 0 unspecified atom stereocenters. The molecule has 6 nitrogen and oxygen atoms in total. The molecule has 0 atom stereocenters. The van der Waals surface area contributed by atoms with E-state index in [9.17, 15) is 9.59 Å². The molecule has 1 N–H and O–H groups in total. The first-order chi connectivity index (χ1) is 13.2. The minimum absolute atomic E-state index is 0.103. The number of fused-ring (bicyclic) bond motifs is 1. The van der Waals surface area contributed by atoms with Crippen LogP contribution < -0.4 is 19.7 Å². The lowest BCUT2D eigenvalue weighted by molar-refractivity contribution is -0.125. The van der Waals surface area contributed by atoms with Gasteiger partial charge in [0.05, 0.1) is 19.8 Å². The Morgan fingerprint density at radius 2 is 1.79 bits per heavy atom. The Labute approximate surface area is 165 Å². The summed E-state index contributed by atoms with van der Waals surface area (Å²) in [4.78, 5) is 27.2. The maximum atomic E-state index is 12.7. The van der Waals surface area contributed by atoms with Crippen molar-refractivity contribution < 1.29 is 19.1 Å². The number of methoxy groups -OCH3 is 2. The minimum atomic E-state index is -0.431. The van der Waals surface area contributed by atoms with Crippen molar-refractivity contribution in [3.8, 4) is 11.5 Å². The molecule has 1 heterocycles. The van der Waals surface area contributed by atoms with E-state index in [2.05, 4.69) is 5.32 Å². The highest BCUT2D eigenvalue weighted by atomic mass is 16.5. The predicted octanol–water partition coefficient (Wildman–Crippen LogP) is 3.89. The first kappa shape index (κ1) is 19.7. The van der Waals surface area contributed by atoms with Crippen LogP contribution in [0.1, 0.15) is 36.7 Å². The quantitative estimate of drug-likeness (QED) is 0.871. The molecule has 1 aliphatic heterocycles. The van der Waals surface area contributed by atoms with Gasteiger partial charge in [-0.2, -0.15) is 0 Å². The van der Waals surface area contributed by atoms with Gasteiger partial charge in [-0.15, -0.1) is 0 Å². The van der Waals surface area contributed by atoms with E-state index in [1.165, 1.54) is 7.11 Å². The first-order valence-electron chi connectivity index (χ1n) is 9.23. The van der Waals surface area contributed by atoms with Gasteiger partial charge in [-0.05, 0) is 42.3 Å². The van der Waals surface area contributed by atoms with Crippen molar-refractivity contribution in [3.05, 3.63) is 47.5 Å². The van der Waals surface area contributed by atoms with Gasteiger partial charge in [-0.1, -0.05) is 20.8 Å². The van der Waals surface area contributed by atoms with Crippen molar-refractivity contribution in [2.45, 2.75) is 27.2 Å². The van der Waals surface area contributed by atoms with Gasteiger partial charge in [-0.3, -0.25) is 9.59 Å². The lowest BCUT2D eigenvalue weighted by atomic mass is 9.94. The number of hydrogen-bond donors (Lipinski definition) is 1. The summed E-state index contributed by atoms with van der Waals surface area (Å²) in [7, 11) is 3.08. The molecule has 0 aliphatic carbocycles. The Bertz CT molecular complexity index is 915. The number of amides is 2. The molecule has 1 aliphatic rings. The van der Waals surface area contributed by atoms with E-state index in [-0.39, 0.29) is 11.8 Å². The van der Waals surface area contributed by atoms with Crippen molar-refractivity contribution in [3.63, 3.8) is 0 Å². The Hall–Kier alpha value is -3.02. The molecule has 0 bridgehead atoms. The monoisotopic (exact) mass is 382 g/mol. The number of rotatable bonds is 4. The van der Waals surface area contributed by atoms with E-state index in [4.69, 9.17) is 9.47 Å². The van der Waals surface area contributed by atoms with Crippen LogP contribution in [0.5, 0.6) is 11.5 Å². The Balaban J connectivity index is 1.80. The summed E-state index contributed by atoms with van der Waals surface area (Å²) in [5.74, 6) is 0.903. The van der Waals surface area contributed by atoms with Crippen LogP contribution in [0.2, 0.25) is 0 Å². The number of ether oxygens (including phenoxy) is 2. The van der Waals surface area contributed by atoms with Crippen LogP contribution in [0.3, 0.4) is 0 Å². The molecule has 0 radical (unpaired) electrons. The highest BCUT2D eigenvalue weighted by Crippen LogP contribution is 2.34. The molecule has 3 rings (SSSR count). The standard InChI is InChI=1S/C22H26N2O4/c1-22(2,3)21(26)24-11-10-14-12-15(6-9-18(14)24)23-20(25)17-8-7-16(27-4)13-19(17)28-5/h6-9,12-13H,10-11H2,1-5H3,(H,23,25). The van der Waals surface area contributed by atoms with Crippen LogP contribution in [0.4, 0.5) is 11.4 Å². The minimum Gasteiger partial charge on any atom is -0.497 e. The molecule has 0 fully saturated rings. The zero-order valence-corrected chi connectivity index (χ0v) is 17.0. The van der Waals surface area contributed by atoms with Gasteiger partial charge in [0.2, 0.25) is 5.91 Å². The molecule has 0 saturated carbocycles. The summed E-state index contributed by atoms with van der Waals surface area (Å²) in [6.45, 7) is 6.42. The van der Waals surface area contributed by atoms with Crippen LogP contribution in [-0.4, -0.2) is 32.6 Å². The highest BCUT2D eigenvalue weighted by molar-refractivity contribution is 6.06. The fraction of sp³-hybridized carbons (Fsp3) is 0.364. The van der Waals surface area contributed by atoms with E-state index < -0.39 is 5.41 Å². The number of nitrogens with zero attached hydrogens (tertiary/aromatic N) is 1. The fourth-order valence-corrected chi connectivity index (χ4v) is 3.28. The maximum absolute atomic E-state index is 12.7. The number of nitrogens with one attached hydrogen (secondary N) is 1. The lowest BCUT2D eigenvalue weighted by Gasteiger charge is -2.26. The normalized spacial score (nSPS) is 13.1. The van der Waals surface area contributed by atoms with Crippen molar-refractivity contribution in [2.24, 2.45) is 5.41 Å². The Morgan fingerprint density at radius 3 is 2.43 bits per heavy atom. The van der Waals surface area contributed by atoms with E-state index in [0.29, 0.717) is 29.3 Å². The van der Waals surface area contributed by atoms with Gasteiger partial charge in [-0.25, -0.2) is 0 Å². The third kappa shape index (κ3) is 3.81. The summed E-state index contributed by atoms with van der Waals surface area (Å²) in [6.07, 6.45) is 0.771. The second-order valence-corrected chi connectivity index (χ2v) is 7.82. The van der Waals surface area contributed by atoms with Gasteiger partial charge in [0.25, 0.3) is 5.91 Å². The van der Waals surface area contributed by atoms with E-state index in [1.807, 2.05) is 43.9 Å². The summed E-state index contributed by atoms with van der Waals surface area (Å²) < 4.78 is 10.5. The van der Waals surface area contributed by atoms with Crippen molar-refractivity contribution >= 4 is 23.2 Å². The average molecular weight is 382 g/mol. The Morgan fingerprint density at radius 1 is 1.04 bits per heavy atom. The number of carbonyl (C=O) groups is 2. The fourth-order valence-electron chi connectivity index (χ4n) is 3.28. The molecule has 148 valence electrons. The average Bonchev–Trinajstić information content (AvgIpc) is 3.08. The van der Waals surface area contributed by atoms with Crippen LogP contribution in [-0.2, 0) is 11.2 Å². The van der Waals surface area contributed by atoms with Crippen LogP contribution in [0.15, 0.2) is 36.4 Å². The zero-order valence-electron chi connectivity index (χ0n) is 17.0. The van der Waals surface area contributed by atoms with Crippen LogP contribution >= 0.6 is 0 Å². The van der Waals surface area contributed by atoms with Crippen LogP contribution in [0.25, 0.3) is 0 Å². The van der Waals surface area contributed by atoms with Gasteiger partial charge >= 0.3 is 0 Å². The molecular formula is C22H26N2O4. The Kier molecular flexibility index (Phi) is 5.31. The molecule has 0 saturated heterocycles. The molecule has 28 heavy (non-hydrogen) atoms. The topological polar surface area (TPSA) is 67.9 Å². The van der Waals surface area contributed by atoms with E-state index in [1.54, 1.807) is 25.3 Å². The second-order valence-electron chi connectivity index (χ2n) is 7.82. The molecule has 0 aromatic heterocycles. The number of benzene rings is 2. The maximum Gasteiger partial charge on any atom is 0.259 e. The number of carbonyl (C=O) groups excluding carboxylic acids is 2. The molecular weight excluding hydrogens is 356 g/mol. The largest absolute Gasteiger partial charge is 0.497 e. The van der Waals surface area contributed by atoms with Gasteiger partial charge in [0, 0.05) is 29.4 Å². The third-order valence-electron chi connectivity index (χ3n) is 4.77. The predicted molar refractivity (Wildman–Crippen MR) is 109 cm³/mol. The zero-order chi connectivity index (χ0) is 20.5. The van der Waals surface area contributed by atoms with E-state index in [0.717, 1.165) is 17.7 Å². The molecule has 2 aromatic rings. The number of anilines is 2. The van der Waals surface area contributed by atoms with Gasteiger partial charge in [0.15, 0.2) is 0 Å². The number of hydrogen-bond acceptors (Lipinski definition) is 4. The molecule has 2 amide bonds. The van der Waals surface area contributed by atoms with Gasteiger partial charge in [0.1, 0.15) is 11.5 Å². The summed E-state index contributed by atoms with van der Waals surface area (Å²) in [6, 6.07) is 10.7. The highest BCUT2D eigenvalue weighted by Gasteiger charge is 2.32. The molecule has 6 heteroatoms. The summed E-state index contributed by atoms with van der Waals surface area (Å²) in [5, 5.41) is 2.91. The molecule has 0 spiro atoms. The molecule has 2 aromatic carbocycles. The first-order valence-corrected chi connectivity index (χ1v) is 9.23. The van der Waals surface area contributed by atoms with Crippen molar-refractivity contribution in [2.75, 3.05) is 31.0 Å².